The zero-order chi connectivity index (χ0) is 13.6. The fraction of sp³-hybridized carbons (Fsp3) is 0.533. The summed E-state index contributed by atoms with van der Waals surface area (Å²) in [7, 11) is 2.08. The van der Waals surface area contributed by atoms with Gasteiger partial charge in [0.2, 0.25) is 0 Å². The minimum absolute atomic E-state index is 0.152. The lowest BCUT2D eigenvalue weighted by molar-refractivity contribution is -0.146. The maximum atomic E-state index is 11.7. The molecule has 3 rings (SSSR count). The minimum atomic E-state index is -0.648. The topological polar surface area (TPSA) is 40.5 Å². The molecule has 4 heteroatoms. The fourth-order valence-electron chi connectivity index (χ4n) is 3.86. The van der Waals surface area contributed by atoms with E-state index in [0.29, 0.717) is 6.04 Å². The highest BCUT2D eigenvalue weighted by Gasteiger charge is 2.49. The van der Waals surface area contributed by atoms with Gasteiger partial charge in [0.25, 0.3) is 0 Å². The summed E-state index contributed by atoms with van der Waals surface area (Å²) < 4.78 is 1.04. The van der Waals surface area contributed by atoms with Gasteiger partial charge >= 0.3 is 5.97 Å². The predicted molar refractivity (Wildman–Crippen MR) is 77.2 cm³/mol. The van der Waals surface area contributed by atoms with Gasteiger partial charge in [-0.1, -0.05) is 28.1 Å². The van der Waals surface area contributed by atoms with Crippen LogP contribution in [0.5, 0.6) is 0 Å². The van der Waals surface area contributed by atoms with E-state index in [-0.39, 0.29) is 17.9 Å². The highest BCUT2D eigenvalue weighted by Crippen LogP contribution is 2.46. The maximum Gasteiger partial charge on any atom is 0.308 e. The van der Waals surface area contributed by atoms with E-state index in [1.807, 2.05) is 12.1 Å². The summed E-state index contributed by atoms with van der Waals surface area (Å²) in [5.74, 6) is -0.769. The van der Waals surface area contributed by atoms with E-state index in [4.69, 9.17) is 0 Å². The van der Waals surface area contributed by atoms with Crippen LogP contribution in [0.2, 0.25) is 0 Å². The lowest BCUT2D eigenvalue weighted by Crippen LogP contribution is -2.48. The summed E-state index contributed by atoms with van der Waals surface area (Å²) in [6.45, 7) is 0. The first kappa shape index (κ1) is 13.1. The van der Waals surface area contributed by atoms with E-state index in [2.05, 4.69) is 40.0 Å². The average molecular weight is 324 g/mol. The van der Waals surface area contributed by atoms with E-state index >= 15 is 0 Å². The Bertz CT molecular complexity index is 487. The number of hydrogen-bond donors (Lipinski definition) is 1. The van der Waals surface area contributed by atoms with E-state index < -0.39 is 5.97 Å². The maximum absolute atomic E-state index is 11.7. The number of halogens is 1. The molecule has 0 radical (unpaired) electrons. The quantitative estimate of drug-likeness (QED) is 0.909. The van der Waals surface area contributed by atoms with Gasteiger partial charge in [0.1, 0.15) is 0 Å². The van der Waals surface area contributed by atoms with Gasteiger partial charge in [-0.2, -0.15) is 0 Å². The smallest absolute Gasteiger partial charge is 0.308 e. The number of fused-ring (bicyclic) bond motifs is 2. The highest BCUT2D eigenvalue weighted by molar-refractivity contribution is 9.10. The van der Waals surface area contributed by atoms with Crippen LogP contribution in [-0.4, -0.2) is 35.1 Å². The number of nitrogens with zero attached hydrogens (tertiary/aromatic N) is 1. The van der Waals surface area contributed by atoms with Gasteiger partial charge in [0, 0.05) is 22.5 Å². The van der Waals surface area contributed by atoms with Gasteiger partial charge in [-0.15, -0.1) is 0 Å². The first-order valence-electron chi connectivity index (χ1n) is 6.78. The van der Waals surface area contributed by atoms with Gasteiger partial charge in [0.05, 0.1) is 5.92 Å². The lowest BCUT2D eigenvalue weighted by Gasteiger charge is -2.41. The van der Waals surface area contributed by atoms with Crippen molar-refractivity contribution in [3.8, 4) is 0 Å². The molecule has 1 aromatic rings. The Morgan fingerprint density at radius 1 is 1.32 bits per heavy atom. The van der Waals surface area contributed by atoms with Crippen LogP contribution in [0.4, 0.5) is 0 Å². The molecule has 0 saturated carbocycles. The molecule has 2 aliphatic heterocycles. The van der Waals surface area contributed by atoms with Crippen LogP contribution in [0.3, 0.4) is 0 Å². The number of carboxylic acid groups (broad SMARTS) is 1. The predicted octanol–water partition coefficient (Wildman–Crippen LogP) is 3.10. The molecule has 19 heavy (non-hydrogen) atoms. The summed E-state index contributed by atoms with van der Waals surface area (Å²) in [6, 6.07) is 8.90. The van der Waals surface area contributed by atoms with Crippen molar-refractivity contribution in [1.29, 1.82) is 0 Å². The Hall–Kier alpha value is -0.870. The summed E-state index contributed by atoms with van der Waals surface area (Å²) in [5.41, 5.74) is 1.17. The molecule has 0 aliphatic carbocycles. The Morgan fingerprint density at radius 2 is 2.00 bits per heavy atom. The molecule has 2 aliphatic rings. The first-order valence-corrected chi connectivity index (χ1v) is 7.57. The van der Waals surface area contributed by atoms with E-state index in [1.54, 1.807) is 0 Å². The number of carbonyl (C=O) groups is 1. The lowest BCUT2D eigenvalue weighted by atomic mass is 9.76. The van der Waals surface area contributed by atoms with Crippen molar-refractivity contribution in [2.45, 2.75) is 37.3 Å². The van der Waals surface area contributed by atoms with Crippen molar-refractivity contribution in [2.24, 2.45) is 5.92 Å². The van der Waals surface area contributed by atoms with Gasteiger partial charge < -0.3 is 5.11 Å². The standard InChI is InChI=1S/C15H18BrNO2/c1-17-11-6-7-13(17)14(15(18)19)12(8-11)9-2-4-10(16)5-3-9/h2-5,11-14H,6-8H2,1H3,(H,18,19)/t11-,12+,13+,14-/m0/s1. The van der Waals surface area contributed by atoms with Gasteiger partial charge in [-0.3, -0.25) is 9.69 Å². The SMILES string of the molecule is CN1[C@H]2CC[C@@H]1[C@@H](C(=O)O)[C@@H](c1ccc(Br)cc1)C2. The van der Waals surface area contributed by atoms with Crippen molar-refractivity contribution < 1.29 is 9.90 Å². The van der Waals surface area contributed by atoms with Crippen LogP contribution in [0.1, 0.15) is 30.7 Å². The Labute approximate surface area is 121 Å². The minimum Gasteiger partial charge on any atom is -0.481 e. The Morgan fingerprint density at radius 3 is 2.63 bits per heavy atom. The van der Waals surface area contributed by atoms with Crippen LogP contribution < -0.4 is 0 Å². The van der Waals surface area contributed by atoms with Crippen LogP contribution >= 0.6 is 15.9 Å². The van der Waals surface area contributed by atoms with Gasteiger partial charge in [0.15, 0.2) is 0 Å². The second-order valence-corrected chi connectivity index (χ2v) is 6.64. The van der Waals surface area contributed by atoms with E-state index in [0.717, 1.165) is 23.7 Å². The number of benzene rings is 1. The molecule has 102 valence electrons. The van der Waals surface area contributed by atoms with Crippen molar-refractivity contribution in [3.63, 3.8) is 0 Å². The number of hydrogen-bond acceptors (Lipinski definition) is 2. The number of carboxylic acids is 1. The molecule has 0 spiro atoms. The van der Waals surface area contributed by atoms with Gasteiger partial charge in [-0.25, -0.2) is 0 Å². The Kier molecular flexibility index (Phi) is 3.39. The second-order valence-electron chi connectivity index (χ2n) is 5.72. The van der Waals surface area contributed by atoms with Crippen molar-refractivity contribution in [3.05, 3.63) is 34.3 Å². The van der Waals surface area contributed by atoms with Crippen molar-refractivity contribution >= 4 is 21.9 Å². The summed E-state index contributed by atoms with van der Waals surface area (Å²) in [5, 5.41) is 9.63. The molecule has 2 saturated heterocycles. The third-order valence-electron chi connectivity index (χ3n) is 4.85. The van der Waals surface area contributed by atoms with E-state index in [9.17, 15) is 9.90 Å². The third kappa shape index (κ3) is 2.21. The van der Waals surface area contributed by atoms with Gasteiger partial charge in [-0.05, 0) is 44.0 Å². The Balaban J connectivity index is 1.95. The largest absolute Gasteiger partial charge is 0.481 e. The highest BCUT2D eigenvalue weighted by atomic mass is 79.9. The molecule has 0 amide bonds. The number of aliphatic carboxylic acids is 1. The molecule has 2 fully saturated rings. The van der Waals surface area contributed by atoms with Crippen molar-refractivity contribution in [2.75, 3.05) is 7.05 Å². The molecule has 2 heterocycles. The molecule has 3 nitrogen and oxygen atoms in total. The second kappa shape index (κ2) is 4.91. The zero-order valence-corrected chi connectivity index (χ0v) is 12.5. The van der Waals surface area contributed by atoms with Crippen molar-refractivity contribution in [1.82, 2.24) is 4.90 Å². The first-order chi connectivity index (χ1) is 9.08. The molecule has 0 unspecified atom stereocenters. The molecule has 2 bridgehead atoms. The molecular formula is C15H18BrNO2. The molecule has 0 aromatic heterocycles. The van der Waals surface area contributed by atoms with Crippen LogP contribution in [0.15, 0.2) is 28.7 Å². The molecule has 1 aromatic carbocycles. The van der Waals surface area contributed by atoms with Crippen LogP contribution in [0.25, 0.3) is 0 Å². The normalized spacial score (nSPS) is 34.4. The number of piperidine rings is 1. The molecule has 1 N–H and O–H groups in total. The molecule has 4 atom stereocenters. The molecular weight excluding hydrogens is 306 g/mol. The summed E-state index contributed by atoms with van der Waals surface area (Å²) >= 11 is 3.43. The fourth-order valence-corrected chi connectivity index (χ4v) is 4.12. The van der Waals surface area contributed by atoms with E-state index in [1.165, 1.54) is 5.56 Å². The van der Waals surface area contributed by atoms with Crippen LogP contribution in [-0.2, 0) is 4.79 Å². The third-order valence-corrected chi connectivity index (χ3v) is 5.38. The summed E-state index contributed by atoms with van der Waals surface area (Å²) in [6.07, 6.45) is 3.12. The monoisotopic (exact) mass is 323 g/mol. The number of rotatable bonds is 2. The summed E-state index contributed by atoms with van der Waals surface area (Å²) in [4.78, 5) is 14.0. The van der Waals surface area contributed by atoms with Crippen LogP contribution in [0, 0.1) is 5.92 Å². The zero-order valence-electron chi connectivity index (χ0n) is 10.9. The average Bonchev–Trinajstić information content (AvgIpc) is 2.63.